The summed E-state index contributed by atoms with van der Waals surface area (Å²) in [6.07, 6.45) is 83.4. The molecule has 0 rings (SSSR count). The van der Waals surface area contributed by atoms with Gasteiger partial charge in [0.1, 0.15) is 13.2 Å². The standard InChI is InChI=1S/C71H130O6/c1-4-7-10-13-15-17-19-21-23-25-27-29-30-31-32-33-34-35-36-37-38-39-40-42-43-45-47-49-51-53-55-58-61-64-70(73)76-67-68(66-75-69(72)63-60-57-12-9-6-3)77-71(74)65-62-59-56-54-52-50-48-46-44-41-28-26-24-22-20-18-16-14-11-8-5-2/h19,21,25-28,30-31,68H,4-18,20,22-24,29,32-67H2,1-3H3/b21-19-,27-25-,28-26-,31-30-. The van der Waals surface area contributed by atoms with Gasteiger partial charge in [0.15, 0.2) is 6.10 Å². The smallest absolute Gasteiger partial charge is 0.306 e. The Morgan fingerprint density at radius 3 is 0.740 bits per heavy atom. The van der Waals surface area contributed by atoms with Gasteiger partial charge in [-0.15, -0.1) is 0 Å². The van der Waals surface area contributed by atoms with Gasteiger partial charge in [0.25, 0.3) is 0 Å². The average Bonchev–Trinajstić information content (AvgIpc) is 3.43. The fraction of sp³-hybridized carbons (Fsp3) is 0.845. The molecule has 0 aliphatic carbocycles. The van der Waals surface area contributed by atoms with E-state index in [1.807, 2.05) is 0 Å². The normalized spacial score (nSPS) is 12.3. The fourth-order valence-corrected chi connectivity index (χ4v) is 10.2. The van der Waals surface area contributed by atoms with Crippen LogP contribution in [0.5, 0.6) is 0 Å². The lowest BCUT2D eigenvalue weighted by atomic mass is 10.0. The minimum Gasteiger partial charge on any atom is -0.462 e. The molecule has 0 aliphatic heterocycles. The molecular formula is C71H130O6. The van der Waals surface area contributed by atoms with E-state index < -0.39 is 6.10 Å². The third-order valence-electron chi connectivity index (χ3n) is 15.3. The molecule has 0 aromatic heterocycles. The zero-order chi connectivity index (χ0) is 55.7. The zero-order valence-electron chi connectivity index (χ0n) is 51.7. The van der Waals surface area contributed by atoms with Crippen molar-refractivity contribution >= 4 is 17.9 Å². The number of allylic oxidation sites excluding steroid dienone is 8. The Bertz CT molecular complexity index is 1330. The molecule has 0 aromatic carbocycles. The predicted molar refractivity (Wildman–Crippen MR) is 335 cm³/mol. The number of unbranched alkanes of at least 4 members (excludes halogenated alkanes) is 44. The Labute approximate surface area is 479 Å². The van der Waals surface area contributed by atoms with E-state index in [9.17, 15) is 14.4 Å². The average molecular weight is 1080 g/mol. The summed E-state index contributed by atoms with van der Waals surface area (Å²) in [7, 11) is 0. The SMILES string of the molecule is CCCCCCC/C=C\C/C=C\C/C=C\CCCCCCCCCCCCCCCCCCCCC(=O)OCC(COC(=O)CCCCCCC)OC(=O)CCCCCCCCCCC/C=C\CCCCCCCCCC. The first kappa shape index (κ1) is 74.4. The fourth-order valence-electron chi connectivity index (χ4n) is 10.2. The molecule has 0 radical (unpaired) electrons. The van der Waals surface area contributed by atoms with E-state index in [0.29, 0.717) is 19.3 Å². The highest BCUT2D eigenvalue weighted by atomic mass is 16.6. The van der Waals surface area contributed by atoms with Crippen LogP contribution in [0.15, 0.2) is 48.6 Å². The third-order valence-corrected chi connectivity index (χ3v) is 15.3. The highest BCUT2D eigenvalue weighted by molar-refractivity contribution is 5.71. The van der Waals surface area contributed by atoms with Gasteiger partial charge in [0, 0.05) is 19.3 Å². The lowest BCUT2D eigenvalue weighted by Gasteiger charge is -2.18. The summed E-state index contributed by atoms with van der Waals surface area (Å²) in [5.74, 6) is -0.866. The number of carbonyl (C=O) groups excluding carboxylic acids is 3. The Kier molecular flexibility index (Phi) is 63.6. The van der Waals surface area contributed by atoms with Crippen LogP contribution >= 0.6 is 0 Å². The molecule has 0 heterocycles. The number of ether oxygens (including phenoxy) is 3. The van der Waals surface area contributed by atoms with Crippen molar-refractivity contribution in [3.8, 4) is 0 Å². The molecule has 450 valence electrons. The Morgan fingerprint density at radius 2 is 0.468 bits per heavy atom. The predicted octanol–water partition coefficient (Wildman–Crippen LogP) is 23.3. The van der Waals surface area contributed by atoms with Crippen LogP contribution in [0.25, 0.3) is 0 Å². The molecule has 6 heteroatoms. The molecule has 0 aromatic rings. The molecule has 0 bridgehead atoms. The second-order valence-corrected chi connectivity index (χ2v) is 23.1. The minimum absolute atomic E-state index is 0.0699. The molecule has 1 unspecified atom stereocenters. The number of carbonyl (C=O) groups is 3. The molecular weight excluding hydrogens is 949 g/mol. The van der Waals surface area contributed by atoms with Gasteiger partial charge in [0.05, 0.1) is 0 Å². The molecule has 0 aliphatic rings. The van der Waals surface area contributed by atoms with Crippen molar-refractivity contribution in [2.45, 2.75) is 374 Å². The van der Waals surface area contributed by atoms with Crippen LogP contribution in [0.3, 0.4) is 0 Å². The molecule has 0 saturated carbocycles. The first-order valence-electron chi connectivity index (χ1n) is 34.1. The van der Waals surface area contributed by atoms with Crippen molar-refractivity contribution in [2.75, 3.05) is 13.2 Å². The summed E-state index contributed by atoms with van der Waals surface area (Å²) in [4.78, 5) is 38.0. The Balaban J connectivity index is 3.93. The molecule has 0 saturated heterocycles. The van der Waals surface area contributed by atoms with Crippen LogP contribution in [0, 0.1) is 0 Å². The van der Waals surface area contributed by atoms with E-state index in [1.165, 1.54) is 250 Å². The van der Waals surface area contributed by atoms with E-state index in [0.717, 1.165) is 77.0 Å². The summed E-state index contributed by atoms with van der Waals surface area (Å²) < 4.78 is 16.8. The summed E-state index contributed by atoms with van der Waals surface area (Å²) in [5, 5.41) is 0. The van der Waals surface area contributed by atoms with Gasteiger partial charge in [-0.1, -0.05) is 313 Å². The van der Waals surface area contributed by atoms with Crippen LogP contribution in [-0.4, -0.2) is 37.2 Å². The summed E-state index contributed by atoms with van der Waals surface area (Å²) >= 11 is 0. The maximum Gasteiger partial charge on any atom is 0.306 e. The Hall–Kier alpha value is -2.63. The number of hydrogen-bond acceptors (Lipinski definition) is 6. The van der Waals surface area contributed by atoms with Gasteiger partial charge >= 0.3 is 17.9 Å². The molecule has 0 amide bonds. The van der Waals surface area contributed by atoms with Crippen LogP contribution in [-0.2, 0) is 28.6 Å². The quantitative estimate of drug-likeness (QED) is 0.0261. The van der Waals surface area contributed by atoms with E-state index >= 15 is 0 Å². The second-order valence-electron chi connectivity index (χ2n) is 23.1. The largest absolute Gasteiger partial charge is 0.462 e. The van der Waals surface area contributed by atoms with E-state index in [-0.39, 0.29) is 31.1 Å². The molecule has 1 atom stereocenters. The van der Waals surface area contributed by atoms with Gasteiger partial charge in [-0.2, -0.15) is 0 Å². The summed E-state index contributed by atoms with van der Waals surface area (Å²) in [6, 6.07) is 0. The second kappa shape index (κ2) is 65.9. The van der Waals surface area contributed by atoms with Crippen molar-refractivity contribution in [3.63, 3.8) is 0 Å². The van der Waals surface area contributed by atoms with Crippen molar-refractivity contribution in [3.05, 3.63) is 48.6 Å². The van der Waals surface area contributed by atoms with Crippen LogP contribution in [0.1, 0.15) is 367 Å². The first-order chi connectivity index (χ1) is 38.0. The van der Waals surface area contributed by atoms with E-state index in [4.69, 9.17) is 14.2 Å². The Morgan fingerprint density at radius 1 is 0.260 bits per heavy atom. The van der Waals surface area contributed by atoms with Gasteiger partial charge in [-0.25, -0.2) is 0 Å². The number of hydrogen-bond donors (Lipinski definition) is 0. The topological polar surface area (TPSA) is 78.9 Å². The minimum atomic E-state index is -0.769. The lowest BCUT2D eigenvalue weighted by Crippen LogP contribution is -2.30. The van der Waals surface area contributed by atoms with Crippen molar-refractivity contribution < 1.29 is 28.6 Å². The zero-order valence-corrected chi connectivity index (χ0v) is 51.7. The number of esters is 3. The van der Waals surface area contributed by atoms with E-state index in [2.05, 4.69) is 69.4 Å². The number of rotatable bonds is 63. The summed E-state index contributed by atoms with van der Waals surface area (Å²) in [6.45, 7) is 6.59. The third kappa shape index (κ3) is 64.1. The maximum atomic E-state index is 12.8. The first-order valence-corrected chi connectivity index (χ1v) is 34.1. The van der Waals surface area contributed by atoms with Crippen LogP contribution < -0.4 is 0 Å². The molecule has 6 nitrogen and oxygen atoms in total. The van der Waals surface area contributed by atoms with Crippen molar-refractivity contribution in [1.29, 1.82) is 0 Å². The van der Waals surface area contributed by atoms with Gasteiger partial charge in [0.2, 0.25) is 0 Å². The highest BCUT2D eigenvalue weighted by Crippen LogP contribution is 2.18. The van der Waals surface area contributed by atoms with Crippen LogP contribution in [0.2, 0.25) is 0 Å². The summed E-state index contributed by atoms with van der Waals surface area (Å²) in [5.41, 5.74) is 0. The maximum absolute atomic E-state index is 12.8. The van der Waals surface area contributed by atoms with Crippen molar-refractivity contribution in [1.82, 2.24) is 0 Å². The molecule has 0 spiro atoms. The van der Waals surface area contributed by atoms with Crippen LogP contribution in [0.4, 0.5) is 0 Å². The van der Waals surface area contributed by atoms with E-state index in [1.54, 1.807) is 0 Å². The monoisotopic (exact) mass is 1080 g/mol. The van der Waals surface area contributed by atoms with Gasteiger partial charge in [-0.3, -0.25) is 14.4 Å². The molecule has 0 fully saturated rings. The molecule has 77 heavy (non-hydrogen) atoms. The molecule has 0 N–H and O–H groups in total. The van der Waals surface area contributed by atoms with Gasteiger partial charge < -0.3 is 14.2 Å². The highest BCUT2D eigenvalue weighted by Gasteiger charge is 2.19. The van der Waals surface area contributed by atoms with Gasteiger partial charge in [-0.05, 0) is 83.5 Å². The lowest BCUT2D eigenvalue weighted by molar-refractivity contribution is -0.167. The van der Waals surface area contributed by atoms with Crippen molar-refractivity contribution in [2.24, 2.45) is 0 Å².